The molecule has 0 heterocycles. The van der Waals surface area contributed by atoms with Crippen LogP contribution in [0.4, 0.5) is 27.6 Å². The summed E-state index contributed by atoms with van der Waals surface area (Å²) in [6.07, 6.45) is -5.92. The fraction of sp³-hybridized carbons (Fsp3) is 0.364. The molecule has 0 saturated heterocycles. The molecule has 0 fully saturated rings. The SMILES string of the molecule is CC(NC(=O)C(F)(F)C(F)(F)F)c1ccc(N)cc1. The van der Waals surface area contributed by atoms with Crippen LogP contribution in [-0.4, -0.2) is 18.0 Å². The van der Waals surface area contributed by atoms with Crippen molar-refractivity contribution in [1.29, 1.82) is 0 Å². The molecule has 0 radical (unpaired) electrons. The first-order valence-corrected chi connectivity index (χ1v) is 5.16. The van der Waals surface area contributed by atoms with E-state index in [-0.39, 0.29) is 0 Å². The van der Waals surface area contributed by atoms with Gasteiger partial charge >= 0.3 is 18.0 Å². The predicted octanol–water partition coefficient (Wildman–Crippen LogP) is 2.64. The molecule has 1 aromatic carbocycles. The Morgan fingerprint density at radius 2 is 1.63 bits per heavy atom. The molecule has 0 aliphatic heterocycles. The van der Waals surface area contributed by atoms with Gasteiger partial charge < -0.3 is 11.1 Å². The van der Waals surface area contributed by atoms with Gasteiger partial charge in [-0.1, -0.05) is 12.1 Å². The van der Waals surface area contributed by atoms with Crippen molar-refractivity contribution in [2.75, 3.05) is 5.73 Å². The van der Waals surface area contributed by atoms with Gasteiger partial charge in [-0.2, -0.15) is 22.0 Å². The lowest BCUT2D eigenvalue weighted by Crippen LogP contribution is -2.50. The quantitative estimate of drug-likeness (QED) is 0.661. The minimum absolute atomic E-state index is 0.362. The topological polar surface area (TPSA) is 55.1 Å². The van der Waals surface area contributed by atoms with Crippen LogP contribution in [0.3, 0.4) is 0 Å². The summed E-state index contributed by atoms with van der Waals surface area (Å²) >= 11 is 0. The first-order valence-electron chi connectivity index (χ1n) is 5.16. The zero-order valence-electron chi connectivity index (χ0n) is 9.76. The molecule has 0 spiro atoms. The molecule has 106 valence electrons. The third kappa shape index (κ3) is 3.33. The van der Waals surface area contributed by atoms with Gasteiger partial charge in [0.1, 0.15) is 0 Å². The zero-order chi connectivity index (χ0) is 14.8. The third-order valence-electron chi connectivity index (χ3n) is 2.43. The van der Waals surface area contributed by atoms with Gasteiger partial charge in [0.2, 0.25) is 0 Å². The molecule has 3 nitrogen and oxygen atoms in total. The Balaban J connectivity index is 2.80. The highest BCUT2D eigenvalue weighted by atomic mass is 19.4. The number of hydrogen-bond acceptors (Lipinski definition) is 2. The summed E-state index contributed by atoms with van der Waals surface area (Å²) in [5.41, 5.74) is 6.17. The number of rotatable bonds is 3. The van der Waals surface area contributed by atoms with Gasteiger partial charge in [0.05, 0.1) is 6.04 Å². The maximum atomic E-state index is 12.7. The van der Waals surface area contributed by atoms with Gasteiger partial charge in [0.25, 0.3) is 0 Å². The van der Waals surface area contributed by atoms with Crippen molar-refractivity contribution in [3.8, 4) is 0 Å². The molecule has 1 aromatic rings. The second-order valence-corrected chi connectivity index (χ2v) is 3.93. The number of carbonyl (C=O) groups is 1. The van der Waals surface area contributed by atoms with Crippen molar-refractivity contribution in [3.63, 3.8) is 0 Å². The number of nitrogens with one attached hydrogen (secondary N) is 1. The molecule has 3 N–H and O–H groups in total. The second-order valence-electron chi connectivity index (χ2n) is 3.93. The minimum atomic E-state index is -5.92. The summed E-state index contributed by atoms with van der Waals surface area (Å²) in [6, 6.07) is 4.74. The number of carbonyl (C=O) groups excluding carboxylic acids is 1. The van der Waals surface area contributed by atoms with E-state index in [2.05, 4.69) is 0 Å². The lowest BCUT2D eigenvalue weighted by molar-refractivity contribution is -0.270. The first-order chi connectivity index (χ1) is 8.55. The van der Waals surface area contributed by atoms with E-state index in [9.17, 15) is 26.7 Å². The number of hydrogen-bond donors (Lipinski definition) is 2. The van der Waals surface area contributed by atoms with Crippen molar-refractivity contribution in [2.45, 2.75) is 25.1 Å². The van der Waals surface area contributed by atoms with Crippen LogP contribution in [-0.2, 0) is 4.79 Å². The lowest BCUT2D eigenvalue weighted by atomic mass is 10.1. The summed E-state index contributed by atoms with van der Waals surface area (Å²) < 4.78 is 61.3. The van der Waals surface area contributed by atoms with Gasteiger partial charge in [-0.15, -0.1) is 0 Å². The van der Waals surface area contributed by atoms with Crippen LogP contribution >= 0.6 is 0 Å². The molecule has 1 amide bonds. The van der Waals surface area contributed by atoms with Crippen molar-refractivity contribution in [1.82, 2.24) is 5.32 Å². The minimum Gasteiger partial charge on any atom is -0.399 e. The number of anilines is 1. The van der Waals surface area contributed by atoms with Crippen LogP contribution in [0.1, 0.15) is 18.5 Å². The summed E-state index contributed by atoms with van der Waals surface area (Å²) in [5, 5.41) is 1.61. The first kappa shape index (κ1) is 15.2. The van der Waals surface area contributed by atoms with Gasteiger partial charge in [0.15, 0.2) is 0 Å². The number of alkyl halides is 5. The van der Waals surface area contributed by atoms with Crippen LogP contribution in [0.15, 0.2) is 24.3 Å². The molecule has 1 unspecified atom stereocenters. The molecule has 19 heavy (non-hydrogen) atoms. The van der Waals surface area contributed by atoms with Crippen molar-refractivity contribution < 1.29 is 26.7 Å². The molecular weight excluding hydrogens is 271 g/mol. The Morgan fingerprint density at radius 3 is 2.05 bits per heavy atom. The molecule has 8 heteroatoms. The largest absolute Gasteiger partial charge is 0.463 e. The van der Waals surface area contributed by atoms with Crippen LogP contribution < -0.4 is 11.1 Å². The third-order valence-corrected chi connectivity index (χ3v) is 2.43. The molecule has 0 bridgehead atoms. The Kier molecular flexibility index (Phi) is 4.02. The molecule has 1 rings (SSSR count). The van der Waals surface area contributed by atoms with E-state index in [4.69, 9.17) is 5.73 Å². The zero-order valence-corrected chi connectivity index (χ0v) is 9.76. The smallest absolute Gasteiger partial charge is 0.399 e. The van der Waals surface area contributed by atoms with Crippen molar-refractivity contribution >= 4 is 11.6 Å². The molecule has 0 aliphatic carbocycles. The van der Waals surface area contributed by atoms with Crippen LogP contribution in [0.25, 0.3) is 0 Å². The predicted molar refractivity (Wildman–Crippen MR) is 58.4 cm³/mol. The second kappa shape index (κ2) is 5.02. The van der Waals surface area contributed by atoms with E-state index in [0.29, 0.717) is 11.3 Å². The fourth-order valence-electron chi connectivity index (χ4n) is 1.28. The molecule has 0 saturated carbocycles. The highest BCUT2D eigenvalue weighted by molar-refractivity contribution is 5.84. The summed E-state index contributed by atoms with van der Waals surface area (Å²) in [4.78, 5) is 11.0. The Hall–Kier alpha value is -1.86. The van der Waals surface area contributed by atoms with Gasteiger partial charge in [0, 0.05) is 5.69 Å². The van der Waals surface area contributed by atoms with E-state index < -0.39 is 24.0 Å². The van der Waals surface area contributed by atoms with Crippen molar-refractivity contribution in [3.05, 3.63) is 29.8 Å². The summed E-state index contributed by atoms with van der Waals surface area (Å²) in [5.74, 6) is -7.81. The van der Waals surface area contributed by atoms with Crippen LogP contribution in [0.5, 0.6) is 0 Å². The summed E-state index contributed by atoms with van der Waals surface area (Å²) in [6.45, 7) is 1.29. The monoisotopic (exact) mass is 282 g/mol. The average Bonchev–Trinajstić information content (AvgIpc) is 2.28. The van der Waals surface area contributed by atoms with Crippen LogP contribution in [0, 0.1) is 0 Å². The standard InChI is InChI=1S/C11H11F5N2O/c1-6(7-2-4-8(17)5-3-7)18-9(19)10(12,13)11(14,15)16/h2-6H,17H2,1H3,(H,18,19). The molecule has 1 atom stereocenters. The van der Waals surface area contributed by atoms with E-state index >= 15 is 0 Å². The number of nitrogen functional groups attached to an aromatic ring is 1. The highest BCUT2D eigenvalue weighted by Crippen LogP contribution is 2.35. The van der Waals surface area contributed by atoms with Gasteiger partial charge in [-0.3, -0.25) is 4.79 Å². The van der Waals surface area contributed by atoms with Crippen LogP contribution in [0.2, 0.25) is 0 Å². The normalized spacial score (nSPS) is 14.0. The number of benzene rings is 1. The fourth-order valence-corrected chi connectivity index (χ4v) is 1.28. The van der Waals surface area contributed by atoms with Crippen molar-refractivity contribution in [2.24, 2.45) is 0 Å². The van der Waals surface area contributed by atoms with E-state index in [1.165, 1.54) is 31.2 Å². The molecule has 0 aliphatic rings. The summed E-state index contributed by atoms with van der Waals surface area (Å²) in [7, 11) is 0. The molecular formula is C11H11F5N2O. The average molecular weight is 282 g/mol. The van der Waals surface area contributed by atoms with E-state index in [0.717, 1.165) is 0 Å². The van der Waals surface area contributed by atoms with E-state index in [1.807, 2.05) is 0 Å². The lowest BCUT2D eigenvalue weighted by Gasteiger charge is -2.21. The maximum Gasteiger partial charge on any atom is 0.463 e. The number of amides is 1. The Labute approximate surface area is 105 Å². The Morgan fingerprint density at radius 1 is 1.16 bits per heavy atom. The molecule has 0 aromatic heterocycles. The van der Waals surface area contributed by atoms with Gasteiger partial charge in [-0.25, -0.2) is 0 Å². The number of nitrogens with two attached hydrogens (primary N) is 1. The maximum absolute atomic E-state index is 12.7. The van der Waals surface area contributed by atoms with Gasteiger partial charge in [-0.05, 0) is 24.6 Å². The Bertz CT molecular complexity index is 455. The van der Waals surface area contributed by atoms with E-state index in [1.54, 1.807) is 5.32 Å². The highest BCUT2D eigenvalue weighted by Gasteiger charge is 2.63. The number of halogens is 5.